The van der Waals surface area contributed by atoms with Gasteiger partial charge in [0, 0.05) is 12.6 Å². The first-order valence-corrected chi connectivity index (χ1v) is 6.37. The molecule has 0 aliphatic rings. The van der Waals surface area contributed by atoms with Crippen molar-refractivity contribution in [3.05, 3.63) is 23.8 Å². The Kier molecular flexibility index (Phi) is 4.65. The molecule has 1 radical (unpaired) electrons. The summed E-state index contributed by atoms with van der Waals surface area (Å²) in [5.41, 5.74) is 1.35. The Bertz CT molecular complexity index is 608. The summed E-state index contributed by atoms with van der Waals surface area (Å²) in [7, 11) is 0. The number of carbonyl (C=O) groups is 2. The molecule has 2 N–H and O–H groups in total. The van der Waals surface area contributed by atoms with Gasteiger partial charge < -0.3 is 10.1 Å². The van der Waals surface area contributed by atoms with E-state index in [4.69, 9.17) is 4.74 Å². The van der Waals surface area contributed by atoms with E-state index in [1.807, 2.05) is 6.92 Å². The van der Waals surface area contributed by atoms with Crippen LogP contribution in [0.3, 0.4) is 0 Å². The number of rotatable bonds is 6. The lowest BCUT2D eigenvalue weighted by Crippen LogP contribution is -2.29. The molecule has 1 heterocycles. The number of nitrogens with zero attached hydrogens (tertiary/aromatic N) is 2. The van der Waals surface area contributed by atoms with Crippen LogP contribution >= 0.6 is 0 Å². The molecule has 0 atom stereocenters. The molecule has 0 unspecified atom stereocenters. The largest absolute Gasteiger partial charge is 0.452 e. The Hall–Kier alpha value is -2.44. The minimum atomic E-state index is -0.611. The minimum absolute atomic E-state index is 0.216. The number of carbonyl (C=O) groups excluding carboxylic acids is 2. The third kappa shape index (κ3) is 3.53. The number of benzene rings is 1. The van der Waals surface area contributed by atoms with Crippen molar-refractivity contribution in [3.8, 4) is 0 Å². The van der Waals surface area contributed by atoms with Gasteiger partial charge in [0.2, 0.25) is 0 Å². The fraction of sp³-hybridized carbons (Fsp3) is 0.385. The molecule has 0 fully saturated rings. The van der Waals surface area contributed by atoms with Crippen LogP contribution in [0.5, 0.6) is 0 Å². The van der Waals surface area contributed by atoms with Crippen LogP contribution in [0, 0.1) is 6.07 Å². The van der Waals surface area contributed by atoms with Crippen molar-refractivity contribution in [3.63, 3.8) is 0 Å². The predicted octanol–water partition coefficient (Wildman–Crippen LogP) is 0.831. The number of ether oxygens (including phenoxy) is 1. The maximum absolute atomic E-state index is 11.8. The topological polar surface area (TPSA) is 97.0 Å². The Morgan fingerprint density at radius 3 is 3.10 bits per heavy atom. The number of aromatic amines is 1. The third-order valence-electron chi connectivity index (χ3n) is 2.65. The van der Waals surface area contributed by atoms with E-state index in [2.05, 4.69) is 26.8 Å². The summed E-state index contributed by atoms with van der Waals surface area (Å²) in [6.45, 7) is 2.32. The molecule has 0 saturated heterocycles. The van der Waals surface area contributed by atoms with Gasteiger partial charge in [-0.25, -0.2) is 4.79 Å². The highest BCUT2D eigenvalue weighted by atomic mass is 16.5. The molecule has 0 aliphatic carbocycles. The average molecular weight is 275 g/mol. The lowest BCUT2D eigenvalue weighted by Gasteiger charge is -2.05. The van der Waals surface area contributed by atoms with Gasteiger partial charge in [0.25, 0.3) is 5.91 Å². The van der Waals surface area contributed by atoms with E-state index in [-0.39, 0.29) is 18.1 Å². The highest BCUT2D eigenvalue weighted by Crippen LogP contribution is 2.10. The van der Waals surface area contributed by atoms with E-state index < -0.39 is 5.97 Å². The fourth-order valence-corrected chi connectivity index (χ4v) is 1.56. The molecule has 7 heteroatoms. The molecule has 2 aromatic rings. The number of fused-ring (bicyclic) bond motifs is 1. The monoisotopic (exact) mass is 275 g/mol. The third-order valence-corrected chi connectivity index (χ3v) is 2.65. The van der Waals surface area contributed by atoms with Gasteiger partial charge in [-0.05, 0) is 18.6 Å². The van der Waals surface area contributed by atoms with Crippen molar-refractivity contribution in [1.29, 1.82) is 0 Å². The molecular weight excluding hydrogens is 260 g/mol. The molecule has 7 nitrogen and oxygen atoms in total. The normalized spacial score (nSPS) is 10.4. The molecule has 20 heavy (non-hydrogen) atoms. The maximum Gasteiger partial charge on any atom is 0.339 e. The quantitative estimate of drug-likeness (QED) is 0.601. The van der Waals surface area contributed by atoms with Gasteiger partial charge in [-0.1, -0.05) is 18.6 Å². The van der Waals surface area contributed by atoms with E-state index in [1.165, 1.54) is 0 Å². The number of amides is 1. The average Bonchev–Trinajstić information content (AvgIpc) is 2.92. The van der Waals surface area contributed by atoms with Crippen LogP contribution in [0.1, 0.15) is 30.1 Å². The van der Waals surface area contributed by atoms with Crippen LogP contribution in [0.2, 0.25) is 0 Å². The smallest absolute Gasteiger partial charge is 0.339 e. The SMILES string of the molecule is CCCCNC(=O)COC(=O)c1[c]c2nn[nH]c2cc1. The number of hydrogen-bond acceptors (Lipinski definition) is 5. The lowest BCUT2D eigenvalue weighted by molar-refractivity contribution is -0.124. The first-order valence-electron chi connectivity index (χ1n) is 6.37. The van der Waals surface area contributed by atoms with Crippen LogP contribution in [-0.4, -0.2) is 40.4 Å². The van der Waals surface area contributed by atoms with Crippen LogP contribution in [0.4, 0.5) is 0 Å². The number of hydrogen-bond donors (Lipinski definition) is 2. The van der Waals surface area contributed by atoms with Gasteiger partial charge in [-0.15, -0.1) is 5.10 Å². The van der Waals surface area contributed by atoms with Crippen LogP contribution < -0.4 is 5.32 Å². The predicted molar refractivity (Wildman–Crippen MR) is 70.9 cm³/mol. The van der Waals surface area contributed by atoms with Gasteiger partial charge in [0.1, 0.15) is 5.52 Å². The van der Waals surface area contributed by atoms with Crippen molar-refractivity contribution >= 4 is 22.9 Å². The maximum atomic E-state index is 11.8. The first-order chi connectivity index (χ1) is 9.70. The lowest BCUT2D eigenvalue weighted by atomic mass is 10.2. The Morgan fingerprint density at radius 1 is 1.45 bits per heavy atom. The van der Waals surface area contributed by atoms with Crippen LogP contribution in [0.25, 0.3) is 11.0 Å². The van der Waals surface area contributed by atoms with E-state index >= 15 is 0 Å². The Labute approximate surface area is 115 Å². The van der Waals surface area contributed by atoms with Gasteiger partial charge in [0.15, 0.2) is 6.61 Å². The number of aromatic nitrogens is 3. The van der Waals surface area contributed by atoms with Crippen LogP contribution in [-0.2, 0) is 9.53 Å². The number of unbranched alkanes of at least 4 members (excludes halogenated alkanes) is 1. The molecule has 1 amide bonds. The van der Waals surface area contributed by atoms with Crippen molar-refractivity contribution in [2.24, 2.45) is 0 Å². The standard InChI is InChI=1S/C13H15N4O3/c1-2-3-6-14-12(18)8-20-13(19)9-4-5-10-11(7-9)16-17-15-10/h4-5H,2-3,6,8H2,1H3,(H,14,18)(H,15,16,17). The highest BCUT2D eigenvalue weighted by molar-refractivity contribution is 5.94. The number of nitrogens with one attached hydrogen (secondary N) is 2. The molecule has 1 aromatic carbocycles. The number of esters is 1. The first kappa shape index (κ1) is 14.0. The summed E-state index contributed by atoms with van der Waals surface area (Å²) < 4.78 is 4.91. The molecule has 0 saturated carbocycles. The second-order valence-corrected chi connectivity index (χ2v) is 4.23. The zero-order valence-electron chi connectivity index (χ0n) is 11.1. The van der Waals surface area contributed by atoms with Gasteiger partial charge in [-0.2, -0.15) is 0 Å². The molecule has 0 aliphatic heterocycles. The van der Waals surface area contributed by atoms with E-state index in [9.17, 15) is 9.59 Å². The molecule has 0 spiro atoms. The zero-order valence-corrected chi connectivity index (χ0v) is 11.1. The van der Waals surface area contributed by atoms with Gasteiger partial charge >= 0.3 is 5.97 Å². The molecule has 1 aromatic heterocycles. The summed E-state index contributed by atoms with van der Waals surface area (Å²) in [6.07, 6.45) is 1.89. The van der Waals surface area contributed by atoms with Crippen LogP contribution in [0.15, 0.2) is 12.1 Å². The molecule has 2 rings (SSSR count). The summed E-state index contributed by atoms with van der Waals surface area (Å²) in [5.74, 6) is -0.921. The van der Waals surface area contributed by atoms with E-state index in [0.717, 1.165) is 12.8 Å². The molecular formula is C13H15N4O3. The second kappa shape index (κ2) is 6.65. The zero-order chi connectivity index (χ0) is 14.4. The van der Waals surface area contributed by atoms with Gasteiger partial charge in [-0.3, -0.25) is 9.89 Å². The fourth-order valence-electron chi connectivity index (χ4n) is 1.56. The summed E-state index contributed by atoms with van der Waals surface area (Å²) >= 11 is 0. The van der Waals surface area contributed by atoms with Crippen molar-refractivity contribution in [2.45, 2.75) is 19.8 Å². The minimum Gasteiger partial charge on any atom is -0.452 e. The van der Waals surface area contributed by atoms with E-state index in [0.29, 0.717) is 17.6 Å². The van der Waals surface area contributed by atoms with E-state index in [1.54, 1.807) is 12.1 Å². The van der Waals surface area contributed by atoms with Crippen molar-refractivity contribution in [2.75, 3.05) is 13.2 Å². The highest BCUT2D eigenvalue weighted by Gasteiger charge is 2.11. The molecule has 0 bridgehead atoms. The number of H-pyrrole nitrogens is 1. The molecule has 105 valence electrons. The summed E-state index contributed by atoms with van der Waals surface area (Å²) in [5, 5.41) is 12.7. The van der Waals surface area contributed by atoms with Crippen molar-refractivity contribution in [1.82, 2.24) is 20.7 Å². The Morgan fingerprint density at radius 2 is 2.30 bits per heavy atom. The summed E-state index contributed by atoms with van der Waals surface area (Å²) in [4.78, 5) is 23.2. The van der Waals surface area contributed by atoms with Crippen molar-refractivity contribution < 1.29 is 14.3 Å². The summed E-state index contributed by atoms with van der Waals surface area (Å²) in [6, 6.07) is 5.97. The Balaban J connectivity index is 1.86. The van der Waals surface area contributed by atoms with Gasteiger partial charge in [0.05, 0.1) is 11.1 Å². The second-order valence-electron chi connectivity index (χ2n) is 4.23.